The Kier molecular flexibility index (Phi) is 6.50. The minimum absolute atomic E-state index is 0.371. The number of hydrogen-bond donors (Lipinski definition) is 0. The third-order valence-corrected chi connectivity index (χ3v) is 2.60. The summed E-state index contributed by atoms with van der Waals surface area (Å²) in [7, 11) is 0. The summed E-state index contributed by atoms with van der Waals surface area (Å²) in [5.41, 5.74) is 1.37. The van der Waals surface area contributed by atoms with E-state index in [2.05, 4.69) is 6.58 Å². The maximum absolute atomic E-state index is 11.9. The van der Waals surface area contributed by atoms with Gasteiger partial charge in [-0.1, -0.05) is 26.5 Å². The molecule has 0 atom stereocenters. The summed E-state index contributed by atoms with van der Waals surface area (Å²) in [6.07, 6.45) is 3.05. The second kappa shape index (κ2) is 8.15. The standard InChI is InChI=1S/C16H20O4/c1-4-9-19-15(17)13-7-8-14(12(6-3)11-13)16(18)20-10-5-2/h6-8,11H,3-5,9-10H2,1-2H3. The van der Waals surface area contributed by atoms with Gasteiger partial charge in [0.15, 0.2) is 0 Å². The first-order valence-corrected chi connectivity index (χ1v) is 6.74. The van der Waals surface area contributed by atoms with Gasteiger partial charge in [-0.15, -0.1) is 0 Å². The summed E-state index contributed by atoms with van der Waals surface area (Å²) in [5.74, 6) is -0.807. The topological polar surface area (TPSA) is 52.6 Å². The Morgan fingerprint density at radius 1 is 1.10 bits per heavy atom. The summed E-state index contributed by atoms with van der Waals surface area (Å²) in [6, 6.07) is 4.72. The fourth-order valence-corrected chi connectivity index (χ4v) is 1.60. The van der Waals surface area contributed by atoms with Crippen molar-refractivity contribution >= 4 is 18.0 Å². The molecule has 4 heteroatoms. The zero-order valence-corrected chi connectivity index (χ0v) is 12.0. The monoisotopic (exact) mass is 276 g/mol. The molecule has 0 amide bonds. The summed E-state index contributed by atoms with van der Waals surface area (Å²) >= 11 is 0. The molecule has 0 saturated carbocycles. The van der Waals surface area contributed by atoms with E-state index in [0.29, 0.717) is 29.9 Å². The highest BCUT2D eigenvalue weighted by atomic mass is 16.5. The van der Waals surface area contributed by atoms with Gasteiger partial charge >= 0.3 is 11.9 Å². The molecule has 1 aromatic rings. The van der Waals surface area contributed by atoms with E-state index in [-0.39, 0.29) is 0 Å². The molecule has 0 aromatic heterocycles. The van der Waals surface area contributed by atoms with E-state index in [4.69, 9.17) is 9.47 Å². The zero-order chi connectivity index (χ0) is 15.0. The smallest absolute Gasteiger partial charge is 0.338 e. The van der Waals surface area contributed by atoms with E-state index in [1.54, 1.807) is 18.2 Å². The van der Waals surface area contributed by atoms with Crippen LogP contribution in [-0.4, -0.2) is 25.2 Å². The van der Waals surface area contributed by atoms with Gasteiger partial charge in [0, 0.05) is 0 Å². The van der Waals surface area contributed by atoms with Crippen LogP contribution in [0.2, 0.25) is 0 Å². The number of rotatable bonds is 7. The summed E-state index contributed by atoms with van der Waals surface area (Å²) in [4.78, 5) is 23.6. The predicted octanol–water partition coefficient (Wildman–Crippen LogP) is 3.46. The van der Waals surface area contributed by atoms with Crippen LogP contribution < -0.4 is 0 Å². The third-order valence-electron chi connectivity index (χ3n) is 2.60. The van der Waals surface area contributed by atoms with Crippen molar-refractivity contribution in [2.75, 3.05) is 13.2 Å². The SMILES string of the molecule is C=Cc1cc(C(=O)OCCC)ccc1C(=O)OCCC. The minimum atomic E-state index is -0.407. The van der Waals surface area contributed by atoms with Crippen molar-refractivity contribution in [3.63, 3.8) is 0 Å². The molecule has 0 unspecified atom stereocenters. The second-order valence-corrected chi connectivity index (χ2v) is 4.28. The Morgan fingerprint density at radius 2 is 1.70 bits per heavy atom. The van der Waals surface area contributed by atoms with Crippen molar-refractivity contribution in [1.29, 1.82) is 0 Å². The van der Waals surface area contributed by atoms with Gasteiger partial charge in [-0.3, -0.25) is 0 Å². The van der Waals surface area contributed by atoms with Crippen molar-refractivity contribution < 1.29 is 19.1 Å². The first kappa shape index (κ1) is 16.0. The molecule has 108 valence electrons. The van der Waals surface area contributed by atoms with Crippen LogP contribution in [0.5, 0.6) is 0 Å². The molecule has 20 heavy (non-hydrogen) atoms. The highest BCUT2D eigenvalue weighted by Gasteiger charge is 2.14. The van der Waals surface area contributed by atoms with E-state index in [1.807, 2.05) is 13.8 Å². The minimum Gasteiger partial charge on any atom is -0.462 e. The van der Waals surface area contributed by atoms with Crippen LogP contribution in [0.1, 0.15) is 53.0 Å². The molecule has 0 radical (unpaired) electrons. The van der Waals surface area contributed by atoms with Gasteiger partial charge in [0.25, 0.3) is 0 Å². The first-order valence-electron chi connectivity index (χ1n) is 6.74. The Morgan fingerprint density at radius 3 is 2.25 bits per heavy atom. The van der Waals surface area contributed by atoms with Gasteiger partial charge in [-0.25, -0.2) is 9.59 Å². The van der Waals surface area contributed by atoms with Crippen LogP contribution in [-0.2, 0) is 9.47 Å². The molecule has 0 heterocycles. The molecule has 1 aromatic carbocycles. The number of benzene rings is 1. The second-order valence-electron chi connectivity index (χ2n) is 4.28. The molecule has 0 N–H and O–H groups in total. The molecular weight excluding hydrogens is 256 g/mol. The van der Waals surface area contributed by atoms with Crippen molar-refractivity contribution in [2.45, 2.75) is 26.7 Å². The maximum atomic E-state index is 11.9. The van der Waals surface area contributed by atoms with E-state index >= 15 is 0 Å². The Bertz CT molecular complexity index is 491. The van der Waals surface area contributed by atoms with Crippen molar-refractivity contribution in [3.8, 4) is 0 Å². The van der Waals surface area contributed by atoms with E-state index in [1.165, 1.54) is 6.08 Å². The number of carbonyl (C=O) groups is 2. The van der Waals surface area contributed by atoms with Crippen LogP contribution in [0, 0.1) is 0 Å². The Labute approximate surface area is 119 Å². The highest BCUT2D eigenvalue weighted by molar-refractivity contribution is 5.97. The average Bonchev–Trinajstić information content (AvgIpc) is 2.49. The van der Waals surface area contributed by atoms with Crippen LogP contribution in [0.3, 0.4) is 0 Å². The van der Waals surface area contributed by atoms with Crippen molar-refractivity contribution in [3.05, 3.63) is 41.5 Å². The van der Waals surface area contributed by atoms with Crippen LogP contribution in [0.15, 0.2) is 24.8 Å². The fourth-order valence-electron chi connectivity index (χ4n) is 1.60. The normalized spacial score (nSPS) is 9.90. The maximum Gasteiger partial charge on any atom is 0.338 e. The van der Waals surface area contributed by atoms with Crippen LogP contribution in [0.4, 0.5) is 0 Å². The molecule has 0 aliphatic rings. The van der Waals surface area contributed by atoms with Crippen molar-refractivity contribution in [1.82, 2.24) is 0 Å². The molecule has 0 aliphatic heterocycles. The lowest BCUT2D eigenvalue weighted by molar-refractivity contribution is 0.0490. The molecule has 0 aliphatic carbocycles. The lowest BCUT2D eigenvalue weighted by atomic mass is 10.0. The highest BCUT2D eigenvalue weighted by Crippen LogP contribution is 2.16. The molecule has 1 rings (SSSR count). The quantitative estimate of drug-likeness (QED) is 0.716. The summed E-state index contributed by atoms with van der Waals surface area (Å²) < 4.78 is 10.1. The van der Waals surface area contributed by atoms with Gasteiger partial charge in [-0.05, 0) is 36.6 Å². The molecule has 0 saturated heterocycles. The molecule has 0 bridgehead atoms. The summed E-state index contributed by atoms with van der Waals surface area (Å²) in [5, 5.41) is 0. The molecular formula is C16H20O4. The van der Waals surface area contributed by atoms with Gasteiger partial charge in [-0.2, -0.15) is 0 Å². The Hall–Kier alpha value is -2.10. The Balaban J connectivity index is 2.93. The molecule has 0 spiro atoms. The lowest BCUT2D eigenvalue weighted by Crippen LogP contribution is -2.10. The van der Waals surface area contributed by atoms with Gasteiger partial charge < -0.3 is 9.47 Å². The number of carbonyl (C=O) groups excluding carboxylic acids is 2. The fraction of sp³-hybridized carbons (Fsp3) is 0.375. The summed E-state index contributed by atoms with van der Waals surface area (Å²) in [6.45, 7) is 8.26. The van der Waals surface area contributed by atoms with E-state index in [9.17, 15) is 9.59 Å². The van der Waals surface area contributed by atoms with Crippen molar-refractivity contribution in [2.24, 2.45) is 0 Å². The van der Waals surface area contributed by atoms with Gasteiger partial charge in [0.05, 0.1) is 24.3 Å². The average molecular weight is 276 g/mol. The molecule has 4 nitrogen and oxygen atoms in total. The lowest BCUT2D eigenvalue weighted by Gasteiger charge is -2.09. The number of hydrogen-bond acceptors (Lipinski definition) is 4. The largest absolute Gasteiger partial charge is 0.462 e. The van der Waals surface area contributed by atoms with Gasteiger partial charge in [0.1, 0.15) is 0 Å². The van der Waals surface area contributed by atoms with E-state index < -0.39 is 11.9 Å². The van der Waals surface area contributed by atoms with Gasteiger partial charge in [0.2, 0.25) is 0 Å². The number of esters is 2. The van der Waals surface area contributed by atoms with E-state index in [0.717, 1.165) is 12.8 Å². The predicted molar refractivity (Wildman–Crippen MR) is 77.7 cm³/mol. The zero-order valence-electron chi connectivity index (χ0n) is 12.0. The van der Waals surface area contributed by atoms with Crippen LogP contribution in [0.25, 0.3) is 6.08 Å². The third kappa shape index (κ3) is 4.23. The van der Waals surface area contributed by atoms with Crippen LogP contribution >= 0.6 is 0 Å². The molecule has 0 fully saturated rings. The first-order chi connectivity index (χ1) is 9.63. The number of ether oxygens (including phenoxy) is 2.